The first-order valence-electron chi connectivity index (χ1n) is 11.1. The second-order valence-electron chi connectivity index (χ2n) is 8.31. The van der Waals surface area contributed by atoms with Gasteiger partial charge in [0, 0.05) is 50.4 Å². The quantitative estimate of drug-likeness (QED) is 0.666. The highest BCUT2D eigenvalue weighted by atomic mass is 16.5. The maximum atomic E-state index is 13.0. The largest absolute Gasteiger partial charge is 0.497 e. The summed E-state index contributed by atoms with van der Waals surface area (Å²) in [4.78, 5) is 28.5. The predicted octanol–water partition coefficient (Wildman–Crippen LogP) is 2.37. The van der Waals surface area contributed by atoms with Crippen LogP contribution in [-0.2, 0) is 4.79 Å². The number of nitrogens with zero attached hydrogens (tertiary/aromatic N) is 2. The summed E-state index contributed by atoms with van der Waals surface area (Å²) in [6.45, 7) is 4.67. The van der Waals surface area contributed by atoms with Crippen LogP contribution in [0.2, 0.25) is 0 Å². The molecule has 2 fully saturated rings. The van der Waals surface area contributed by atoms with Crippen molar-refractivity contribution in [1.29, 1.82) is 0 Å². The number of hydrogen-bond donors (Lipinski definition) is 3. The van der Waals surface area contributed by atoms with E-state index in [4.69, 9.17) is 4.74 Å². The van der Waals surface area contributed by atoms with Gasteiger partial charge >= 0.3 is 0 Å². The van der Waals surface area contributed by atoms with Gasteiger partial charge in [-0.05, 0) is 54.8 Å². The van der Waals surface area contributed by atoms with E-state index in [1.54, 1.807) is 31.4 Å². The third-order valence-corrected chi connectivity index (χ3v) is 6.11. The molecule has 32 heavy (non-hydrogen) atoms. The molecule has 0 spiro atoms. The summed E-state index contributed by atoms with van der Waals surface area (Å²) in [7, 11) is 1.68. The molecule has 2 heterocycles. The summed E-state index contributed by atoms with van der Waals surface area (Å²) in [6.07, 6.45) is 2.13. The highest BCUT2D eigenvalue weighted by Gasteiger charge is 2.31. The van der Waals surface area contributed by atoms with Gasteiger partial charge in [-0.3, -0.25) is 14.5 Å². The van der Waals surface area contributed by atoms with Crippen LogP contribution in [-0.4, -0.2) is 61.1 Å². The summed E-state index contributed by atoms with van der Waals surface area (Å²) in [5, 5.41) is 2.73. The molecule has 0 bridgehead atoms. The molecular weight excluding hydrogens is 406 g/mol. The Morgan fingerprint density at radius 2 is 1.72 bits per heavy atom. The van der Waals surface area contributed by atoms with Crippen molar-refractivity contribution in [2.24, 2.45) is 0 Å². The lowest BCUT2D eigenvalue weighted by Gasteiger charge is -2.27. The number of carbonyl (C=O) groups excluding carboxylic acids is 2. The Balaban J connectivity index is 1.32. The predicted molar refractivity (Wildman–Crippen MR) is 123 cm³/mol. The van der Waals surface area contributed by atoms with E-state index >= 15 is 0 Å². The molecule has 2 aromatic carbocycles. The molecule has 0 aliphatic carbocycles. The monoisotopic (exact) mass is 437 g/mol. The van der Waals surface area contributed by atoms with E-state index in [1.807, 2.05) is 17.0 Å². The average Bonchev–Trinajstić information content (AvgIpc) is 3.17. The molecule has 0 saturated carbocycles. The standard InChI is InChI=1S/C24H31N5O3/c1-17(30)25-20-8-4-19(5-9-20)24(31)29-13-3-12-28(14-15-29)23-16-22(26-27-23)18-6-10-21(32-2)11-7-18/h4-11,22-23,26-27H,3,12-16H2,1-2H3,(H,25,30). The number of methoxy groups -OCH3 is 1. The Labute approximate surface area is 188 Å². The Kier molecular flexibility index (Phi) is 7.04. The van der Waals surface area contributed by atoms with Gasteiger partial charge in [-0.2, -0.15) is 0 Å². The van der Waals surface area contributed by atoms with E-state index in [1.165, 1.54) is 12.5 Å². The molecule has 2 saturated heterocycles. The zero-order chi connectivity index (χ0) is 22.5. The van der Waals surface area contributed by atoms with E-state index < -0.39 is 0 Å². The van der Waals surface area contributed by atoms with E-state index in [9.17, 15) is 9.59 Å². The molecule has 4 rings (SSSR count). The van der Waals surface area contributed by atoms with Crippen molar-refractivity contribution in [3.63, 3.8) is 0 Å². The molecule has 8 heteroatoms. The highest BCUT2D eigenvalue weighted by Crippen LogP contribution is 2.26. The van der Waals surface area contributed by atoms with Crippen LogP contribution in [0.5, 0.6) is 5.75 Å². The maximum absolute atomic E-state index is 13.0. The Bertz CT molecular complexity index is 932. The SMILES string of the molecule is COc1ccc(C2CC(N3CCCN(C(=O)c4ccc(NC(C)=O)cc4)CC3)NN2)cc1. The smallest absolute Gasteiger partial charge is 0.253 e. The lowest BCUT2D eigenvalue weighted by molar-refractivity contribution is -0.114. The van der Waals surface area contributed by atoms with Crippen LogP contribution in [0.15, 0.2) is 48.5 Å². The first-order chi connectivity index (χ1) is 15.5. The molecule has 2 unspecified atom stereocenters. The van der Waals surface area contributed by atoms with Gasteiger partial charge in [0.1, 0.15) is 5.75 Å². The summed E-state index contributed by atoms with van der Waals surface area (Å²) < 4.78 is 5.25. The van der Waals surface area contributed by atoms with Crippen LogP contribution < -0.4 is 20.9 Å². The van der Waals surface area contributed by atoms with Gasteiger partial charge in [-0.15, -0.1) is 0 Å². The van der Waals surface area contributed by atoms with Crippen LogP contribution in [0.4, 0.5) is 5.69 Å². The molecule has 3 N–H and O–H groups in total. The first kappa shape index (κ1) is 22.3. The van der Waals surface area contributed by atoms with Gasteiger partial charge in [0.15, 0.2) is 0 Å². The topological polar surface area (TPSA) is 85.9 Å². The molecular formula is C24H31N5O3. The number of anilines is 1. The van der Waals surface area contributed by atoms with Crippen LogP contribution in [0.1, 0.15) is 41.7 Å². The maximum Gasteiger partial charge on any atom is 0.253 e. The minimum Gasteiger partial charge on any atom is -0.497 e. The van der Waals surface area contributed by atoms with E-state index in [-0.39, 0.29) is 24.0 Å². The lowest BCUT2D eigenvalue weighted by Crippen LogP contribution is -2.46. The van der Waals surface area contributed by atoms with Crippen LogP contribution in [0, 0.1) is 0 Å². The highest BCUT2D eigenvalue weighted by molar-refractivity contribution is 5.95. The number of hydrogen-bond acceptors (Lipinski definition) is 6. The molecule has 2 atom stereocenters. The number of hydrazine groups is 1. The van der Waals surface area contributed by atoms with Crippen molar-refractivity contribution in [3.05, 3.63) is 59.7 Å². The zero-order valence-electron chi connectivity index (χ0n) is 18.6. The second-order valence-corrected chi connectivity index (χ2v) is 8.31. The van der Waals surface area contributed by atoms with Crippen molar-refractivity contribution in [2.45, 2.75) is 32.0 Å². The van der Waals surface area contributed by atoms with Crippen LogP contribution in [0.3, 0.4) is 0 Å². The molecule has 8 nitrogen and oxygen atoms in total. The number of nitrogens with one attached hydrogen (secondary N) is 3. The summed E-state index contributed by atoms with van der Waals surface area (Å²) >= 11 is 0. The fourth-order valence-corrected chi connectivity index (χ4v) is 4.37. The minimum atomic E-state index is -0.124. The average molecular weight is 438 g/mol. The molecule has 0 aromatic heterocycles. The zero-order valence-corrected chi connectivity index (χ0v) is 18.6. The molecule has 2 aliphatic heterocycles. The van der Waals surface area contributed by atoms with Gasteiger partial charge in [-0.1, -0.05) is 12.1 Å². The normalized spacial score (nSPS) is 21.8. The number of amides is 2. The second kappa shape index (κ2) is 10.1. The number of benzene rings is 2. The number of ether oxygens (including phenoxy) is 1. The summed E-state index contributed by atoms with van der Waals surface area (Å²) in [6, 6.07) is 15.5. The van der Waals surface area contributed by atoms with Gasteiger partial charge in [-0.25, -0.2) is 10.9 Å². The third kappa shape index (κ3) is 5.27. The van der Waals surface area contributed by atoms with Crippen molar-refractivity contribution in [1.82, 2.24) is 20.7 Å². The van der Waals surface area contributed by atoms with E-state index in [2.05, 4.69) is 33.2 Å². The summed E-state index contributed by atoms with van der Waals surface area (Å²) in [5.74, 6) is 0.772. The van der Waals surface area contributed by atoms with E-state index in [0.29, 0.717) is 17.8 Å². The van der Waals surface area contributed by atoms with Gasteiger partial charge in [0.05, 0.1) is 13.3 Å². The number of carbonyl (C=O) groups is 2. The molecule has 2 aliphatic rings. The van der Waals surface area contributed by atoms with Crippen LogP contribution >= 0.6 is 0 Å². The Morgan fingerprint density at radius 3 is 2.41 bits per heavy atom. The first-order valence-corrected chi connectivity index (χ1v) is 11.1. The van der Waals surface area contributed by atoms with Gasteiger partial charge in [0.25, 0.3) is 5.91 Å². The van der Waals surface area contributed by atoms with Crippen molar-refractivity contribution >= 4 is 17.5 Å². The van der Waals surface area contributed by atoms with Gasteiger partial charge < -0.3 is 15.0 Å². The fraction of sp³-hybridized carbons (Fsp3) is 0.417. The summed E-state index contributed by atoms with van der Waals surface area (Å²) in [5.41, 5.74) is 9.42. The Morgan fingerprint density at radius 1 is 0.969 bits per heavy atom. The third-order valence-electron chi connectivity index (χ3n) is 6.11. The molecule has 2 amide bonds. The van der Waals surface area contributed by atoms with Crippen molar-refractivity contribution < 1.29 is 14.3 Å². The van der Waals surface area contributed by atoms with Crippen LogP contribution in [0.25, 0.3) is 0 Å². The Hall–Kier alpha value is -2.94. The van der Waals surface area contributed by atoms with E-state index in [0.717, 1.165) is 38.2 Å². The van der Waals surface area contributed by atoms with Crippen molar-refractivity contribution in [2.75, 3.05) is 38.6 Å². The molecule has 0 radical (unpaired) electrons. The lowest BCUT2D eigenvalue weighted by atomic mass is 10.0. The molecule has 170 valence electrons. The minimum absolute atomic E-state index is 0.0369. The molecule has 2 aromatic rings. The fourth-order valence-electron chi connectivity index (χ4n) is 4.37. The van der Waals surface area contributed by atoms with Crippen molar-refractivity contribution in [3.8, 4) is 5.75 Å². The number of rotatable bonds is 5. The van der Waals surface area contributed by atoms with Gasteiger partial charge in [0.2, 0.25) is 5.91 Å².